The summed E-state index contributed by atoms with van der Waals surface area (Å²) in [5.74, 6) is 0. The van der Waals surface area contributed by atoms with Crippen molar-refractivity contribution < 1.29 is 0 Å². The van der Waals surface area contributed by atoms with Crippen molar-refractivity contribution in [1.82, 2.24) is 0 Å². The highest BCUT2D eigenvalue weighted by atomic mass is 14.0. The molecule has 12 heavy (non-hydrogen) atoms. The summed E-state index contributed by atoms with van der Waals surface area (Å²) in [7, 11) is 0. The molecule has 0 unspecified atom stereocenters. The second-order valence-corrected chi connectivity index (χ2v) is 3.46. The van der Waals surface area contributed by atoms with Gasteiger partial charge in [-0.3, -0.25) is 0 Å². The van der Waals surface area contributed by atoms with E-state index < -0.39 is 0 Å². The van der Waals surface area contributed by atoms with E-state index in [0.717, 1.165) is 6.42 Å². The first-order valence-corrected chi connectivity index (χ1v) is 5.07. The van der Waals surface area contributed by atoms with Gasteiger partial charge in [0.25, 0.3) is 0 Å². The summed E-state index contributed by atoms with van der Waals surface area (Å²) in [6.07, 6.45) is 15.7. The number of rotatable bonds is 5. The van der Waals surface area contributed by atoms with Crippen LogP contribution in [0.15, 0.2) is 23.8 Å². The van der Waals surface area contributed by atoms with Crippen LogP contribution in [-0.2, 0) is 0 Å². The van der Waals surface area contributed by atoms with E-state index in [4.69, 9.17) is 0 Å². The predicted octanol–water partition coefficient (Wildman–Crippen LogP) is 4.05. The Kier molecular flexibility index (Phi) is 4.82. The first-order valence-electron chi connectivity index (χ1n) is 5.07. The molecule has 0 N–H and O–H groups in total. The number of hydrogen-bond donors (Lipinski definition) is 0. The van der Waals surface area contributed by atoms with E-state index in [9.17, 15) is 0 Å². The van der Waals surface area contributed by atoms with Crippen molar-refractivity contribution in [2.45, 2.75) is 44.9 Å². The Morgan fingerprint density at radius 1 is 1.25 bits per heavy atom. The van der Waals surface area contributed by atoms with Gasteiger partial charge in [-0.05, 0) is 25.7 Å². The highest BCUT2D eigenvalue weighted by Gasteiger charge is 1.98. The van der Waals surface area contributed by atoms with Gasteiger partial charge in [0.2, 0.25) is 0 Å². The summed E-state index contributed by atoms with van der Waals surface area (Å²) in [5, 5.41) is 0. The molecule has 0 saturated carbocycles. The van der Waals surface area contributed by atoms with E-state index in [1.807, 2.05) is 0 Å². The topological polar surface area (TPSA) is 0 Å². The van der Waals surface area contributed by atoms with Gasteiger partial charge in [-0.2, -0.15) is 0 Å². The average Bonchev–Trinajstić information content (AvgIpc) is 2.14. The zero-order valence-corrected chi connectivity index (χ0v) is 7.89. The molecule has 0 heterocycles. The van der Waals surface area contributed by atoms with Gasteiger partial charge in [0.05, 0.1) is 0 Å². The number of hydrogen-bond acceptors (Lipinski definition) is 0. The molecule has 67 valence electrons. The molecule has 0 amide bonds. The Morgan fingerprint density at radius 3 is 2.83 bits per heavy atom. The normalized spacial score (nSPS) is 16.2. The fraction of sp³-hybridized carbons (Fsp3) is 0.583. The standard InChI is InChI=1S/C12H19/c1-2-3-4-6-9-12-10-7-5-8-11-12/h5,7,10H,1-4,6,8-9,11H2. The zero-order chi connectivity index (χ0) is 8.65. The van der Waals surface area contributed by atoms with Gasteiger partial charge < -0.3 is 0 Å². The van der Waals surface area contributed by atoms with Crippen LogP contribution in [0, 0.1) is 6.92 Å². The molecule has 1 aliphatic carbocycles. The van der Waals surface area contributed by atoms with Crippen molar-refractivity contribution in [1.29, 1.82) is 0 Å². The smallest absolute Gasteiger partial charge is 0.0282 e. The van der Waals surface area contributed by atoms with Gasteiger partial charge in [0.15, 0.2) is 0 Å². The van der Waals surface area contributed by atoms with Crippen LogP contribution in [0.25, 0.3) is 0 Å². The predicted molar refractivity (Wildman–Crippen MR) is 54.9 cm³/mol. The second kappa shape index (κ2) is 6.05. The van der Waals surface area contributed by atoms with Crippen LogP contribution in [0.4, 0.5) is 0 Å². The van der Waals surface area contributed by atoms with Crippen molar-refractivity contribution in [2.24, 2.45) is 0 Å². The third-order valence-corrected chi connectivity index (χ3v) is 2.35. The largest absolute Gasteiger partial charge is 0.0842 e. The quantitative estimate of drug-likeness (QED) is 0.536. The molecule has 0 saturated heterocycles. The Hall–Kier alpha value is -0.520. The van der Waals surface area contributed by atoms with Crippen LogP contribution < -0.4 is 0 Å². The minimum atomic E-state index is 1.10. The SMILES string of the molecule is [CH2]CCCCCC1=CC=CCC1. The molecular weight excluding hydrogens is 144 g/mol. The van der Waals surface area contributed by atoms with Crippen LogP contribution in [0.3, 0.4) is 0 Å². The average molecular weight is 163 g/mol. The van der Waals surface area contributed by atoms with Gasteiger partial charge in [0, 0.05) is 0 Å². The van der Waals surface area contributed by atoms with Gasteiger partial charge in [-0.15, -0.1) is 0 Å². The van der Waals surface area contributed by atoms with Crippen molar-refractivity contribution in [2.75, 3.05) is 0 Å². The van der Waals surface area contributed by atoms with Gasteiger partial charge in [-0.1, -0.05) is 50.0 Å². The van der Waals surface area contributed by atoms with Gasteiger partial charge in [0.1, 0.15) is 0 Å². The highest BCUT2D eigenvalue weighted by molar-refractivity contribution is 5.17. The summed E-state index contributed by atoms with van der Waals surface area (Å²) < 4.78 is 0. The molecule has 0 bridgehead atoms. The van der Waals surface area contributed by atoms with Crippen molar-refractivity contribution >= 4 is 0 Å². The maximum absolute atomic E-state index is 3.84. The molecule has 1 rings (SSSR count). The van der Waals surface area contributed by atoms with Crippen LogP contribution >= 0.6 is 0 Å². The molecular formula is C12H19. The fourth-order valence-electron chi connectivity index (χ4n) is 1.57. The first kappa shape index (κ1) is 9.57. The third kappa shape index (κ3) is 3.75. The van der Waals surface area contributed by atoms with Crippen LogP contribution in [0.2, 0.25) is 0 Å². The second-order valence-electron chi connectivity index (χ2n) is 3.46. The van der Waals surface area contributed by atoms with Crippen molar-refractivity contribution in [3.8, 4) is 0 Å². The summed E-state index contributed by atoms with van der Waals surface area (Å²) >= 11 is 0. The molecule has 0 nitrogen and oxygen atoms in total. The highest BCUT2D eigenvalue weighted by Crippen LogP contribution is 2.18. The maximum Gasteiger partial charge on any atom is -0.0282 e. The first-order chi connectivity index (χ1) is 5.93. The zero-order valence-electron chi connectivity index (χ0n) is 7.89. The van der Waals surface area contributed by atoms with Crippen LogP contribution in [-0.4, -0.2) is 0 Å². The molecule has 0 heteroatoms. The Bertz CT molecular complexity index is 163. The van der Waals surface area contributed by atoms with E-state index in [1.54, 1.807) is 5.57 Å². The lowest BCUT2D eigenvalue weighted by atomic mass is 9.99. The Labute approximate surface area is 76.4 Å². The van der Waals surface area contributed by atoms with Gasteiger partial charge >= 0.3 is 0 Å². The molecule has 0 spiro atoms. The van der Waals surface area contributed by atoms with E-state index in [2.05, 4.69) is 25.2 Å². The molecule has 0 fully saturated rings. The monoisotopic (exact) mass is 163 g/mol. The summed E-state index contributed by atoms with van der Waals surface area (Å²) in [5.41, 5.74) is 1.64. The van der Waals surface area contributed by atoms with E-state index in [-0.39, 0.29) is 0 Å². The molecule has 0 aromatic heterocycles. The van der Waals surface area contributed by atoms with Gasteiger partial charge in [-0.25, -0.2) is 0 Å². The fourth-order valence-corrected chi connectivity index (χ4v) is 1.57. The maximum atomic E-state index is 3.84. The molecule has 0 aromatic rings. The van der Waals surface area contributed by atoms with Crippen LogP contribution in [0.1, 0.15) is 44.9 Å². The van der Waals surface area contributed by atoms with E-state index >= 15 is 0 Å². The number of unbranched alkanes of at least 4 members (excludes halogenated alkanes) is 3. The lowest BCUT2D eigenvalue weighted by molar-refractivity contribution is 0.669. The lowest BCUT2D eigenvalue weighted by Crippen LogP contribution is -1.87. The number of allylic oxidation sites excluding steroid dienone is 4. The summed E-state index contributed by atoms with van der Waals surface area (Å²) in [6.45, 7) is 3.84. The van der Waals surface area contributed by atoms with E-state index in [1.165, 1.54) is 38.5 Å². The minimum Gasteiger partial charge on any atom is -0.0842 e. The molecule has 1 radical (unpaired) electrons. The molecule has 1 aliphatic rings. The molecule has 0 atom stereocenters. The molecule has 0 aromatic carbocycles. The third-order valence-electron chi connectivity index (χ3n) is 2.35. The Balaban J connectivity index is 2.06. The molecule has 0 aliphatic heterocycles. The van der Waals surface area contributed by atoms with Crippen molar-refractivity contribution in [3.05, 3.63) is 30.7 Å². The van der Waals surface area contributed by atoms with Crippen molar-refractivity contribution in [3.63, 3.8) is 0 Å². The van der Waals surface area contributed by atoms with E-state index in [0.29, 0.717) is 0 Å². The Morgan fingerprint density at radius 2 is 2.17 bits per heavy atom. The minimum absolute atomic E-state index is 1.10. The lowest BCUT2D eigenvalue weighted by Gasteiger charge is -2.07. The summed E-state index contributed by atoms with van der Waals surface area (Å²) in [4.78, 5) is 0. The summed E-state index contributed by atoms with van der Waals surface area (Å²) in [6, 6.07) is 0. The van der Waals surface area contributed by atoms with Crippen LogP contribution in [0.5, 0.6) is 0 Å².